The smallest absolute Gasteiger partial charge is 0.367 e. The summed E-state index contributed by atoms with van der Waals surface area (Å²) in [6.07, 6.45) is -2.52. The van der Waals surface area contributed by atoms with E-state index in [2.05, 4.69) is 10.2 Å². The number of rotatable bonds is 6. The summed E-state index contributed by atoms with van der Waals surface area (Å²) in [5.41, 5.74) is 0.439. The highest BCUT2D eigenvalue weighted by Crippen LogP contribution is 2.61. The van der Waals surface area contributed by atoms with Crippen molar-refractivity contribution in [3.05, 3.63) is 52.9 Å². The number of carbonyl (C=O) groups excluding carboxylic acids is 1. The summed E-state index contributed by atoms with van der Waals surface area (Å²) in [4.78, 5) is 14.5. The van der Waals surface area contributed by atoms with Gasteiger partial charge in [0.25, 0.3) is 5.91 Å². The summed E-state index contributed by atoms with van der Waals surface area (Å²) in [5.74, 6) is -6.25. The largest absolute Gasteiger partial charge is 0.417 e. The molecule has 0 saturated carbocycles. The first-order valence-corrected chi connectivity index (χ1v) is 9.95. The Kier molecular flexibility index (Phi) is 6.11. The predicted octanol–water partition coefficient (Wildman–Crippen LogP) is 3.24. The minimum atomic E-state index is -4.88. The first kappa shape index (κ1) is 24.1. The van der Waals surface area contributed by atoms with Gasteiger partial charge in [-0.25, -0.2) is 8.78 Å². The molecule has 2 aromatic rings. The van der Waals surface area contributed by atoms with E-state index < -0.39 is 46.8 Å². The molecule has 1 aromatic carbocycles. The Hall–Kier alpha value is -2.53. The molecule has 1 saturated heterocycles. The van der Waals surface area contributed by atoms with Crippen LogP contribution in [0.1, 0.15) is 36.5 Å². The molecular weight excluding hydrogens is 435 g/mol. The summed E-state index contributed by atoms with van der Waals surface area (Å²) in [6, 6.07) is 2.04. The van der Waals surface area contributed by atoms with Crippen LogP contribution in [0.4, 0.5) is 22.0 Å². The van der Waals surface area contributed by atoms with E-state index in [4.69, 9.17) is 10.5 Å². The number of primary amides is 1. The molecule has 6 nitrogen and oxygen atoms in total. The maximum Gasteiger partial charge on any atom is 0.417 e. The molecule has 1 amide bonds. The maximum absolute atomic E-state index is 14.9. The molecule has 176 valence electrons. The molecule has 32 heavy (non-hydrogen) atoms. The van der Waals surface area contributed by atoms with Crippen LogP contribution in [0.15, 0.2) is 24.5 Å². The van der Waals surface area contributed by atoms with Crippen LogP contribution in [0.5, 0.6) is 0 Å². The predicted molar refractivity (Wildman–Crippen MR) is 106 cm³/mol. The molecule has 4 unspecified atom stereocenters. The molecule has 3 N–H and O–H groups in total. The van der Waals surface area contributed by atoms with E-state index in [1.807, 2.05) is 0 Å². The average molecular weight is 460 g/mol. The standard InChI is InChI=1S/C21H25F5N4O2/c1-11-16(13-5-6-15(22)17(23)14(13)7-8-30(3)4)20(18(27)31,12-9-28-29-10-12)32-19(11,2)21(24,25)26/h5-6,9-11,16H,7-8H2,1-4H3,(H2,27,31)(H,28,29). The first-order chi connectivity index (χ1) is 14.8. The third-order valence-electron chi connectivity index (χ3n) is 6.41. The summed E-state index contributed by atoms with van der Waals surface area (Å²) < 4.78 is 77.2. The van der Waals surface area contributed by atoms with Crippen molar-refractivity contribution in [3.63, 3.8) is 0 Å². The van der Waals surface area contributed by atoms with Crippen molar-refractivity contribution in [3.8, 4) is 0 Å². The number of alkyl halides is 3. The lowest BCUT2D eigenvalue weighted by Crippen LogP contribution is -2.50. The quantitative estimate of drug-likeness (QED) is 0.649. The minimum Gasteiger partial charge on any atom is -0.367 e. The van der Waals surface area contributed by atoms with Gasteiger partial charge in [-0.05, 0) is 44.6 Å². The van der Waals surface area contributed by atoms with E-state index >= 15 is 0 Å². The number of ether oxygens (including phenoxy) is 1. The number of aromatic amines is 1. The number of nitrogens with one attached hydrogen (secondary N) is 1. The number of nitrogens with two attached hydrogens (primary N) is 1. The number of amides is 1. The number of hydrogen-bond acceptors (Lipinski definition) is 4. The van der Waals surface area contributed by atoms with Crippen molar-refractivity contribution in [2.75, 3.05) is 20.6 Å². The maximum atomic E-state index is 14.9. The SMILES string of the molecule is CC1C(c2ccc(F)c(F)c2CCN(C)C)C(C(N)=O)(c2cn[nH]c2)OC1(C)C(F)(F)F. The zero-order valence-corrected chi connectivity index (χ0v) is 18.1. The van der Waals surface area contributed by atoms with Crippen LogP contribution < -0.4 is 5.73 Å². The number of carbonyl (C=O) groups is 1. The van der Waals surface area contributed by atoms with Gasteiger partial charge in [0.1, 0.15) is 0 Å². The lowest BCUT2D eigenvalue weighted by Gasteiger charge is -2.34. The minimum absolute atomic E-state index is 0.00188. The van der Waals surface area contributed by atoms with Crippen LogP contribution in [0.25, 0.3) is 0 Å². The molecule has 1 aromatic heterocycles. The van der Waals surface area contributed by atoms with Crippen molar-refractivity contribution in [2.45, 2.75) is 43.6 Å². The van der Waals surface area contributed by atoms with Gasteiger partial charge in [0, 0.05) is 30.1 Å². The summed E-state index contributed by atoms with van der Waals surface area (Å²) in [7, 11) is 3.44. The lowest BCUT2D eigenvalue weighted by molar-refractivity contribution is -0.285. The van der Waals surface area contributed by atoms with Gasteiger partial charge < -0.3 is 15.4 Å². The molecular formula is C21H25F5N4O2. The highest BCUT2D eigenvalue weighted by atomic mass is 19.4. The van der Waals surface area contributed by atoms with Crippen LogP contribution in [0.2, 0.25) is 0 Å². The second-order valence-electron chi connectivity index (χ2n) is 8.54. The van der Waals surface area contributed by atoms with Gasteiger partial charge in [-0.3, -0.25) is 9.89 Å². The topological polar surface area (TPSA) is 84.2 Å². The molecule has 1 fully saturated rings. The Morgan fingerprint density at radius 3 is 2.47 bits per heavy atom. The van der Waals surface area contributed by atoms with Crippen molar-refractivity contribution in [2.24, 2.45) is 11.7 Å². The number of H-pyrrole nitrogens is 1. The van der Waals surface area contributed by atoms with Gasteiger partial charge in [0.2, 0.25) is 0 Å². The van der Waals surface area contributed by atoms with Gasteiger partial charge in [-0.15, -0.1) is 0 Å². The monoisotopic (exact) mass is 460 g/mol. The third kappa shape index (κ3) is 3.57. The molecule has 0 bridgehead atoms. The Labute approximate surface area is 181 Å². The zero-order chi connectivity index (χ0) is 24.1. The van der Waals surface area contributed by atoms with E-state index in [1.54, 1.807) is 19.0 Å². The van der Waals surface area contributed by atoms with E-state index in [0.717, 1.165) is 19.2 Å². The molecule has 11 heteroatoms. The molecule has 0 radical (unpaired) electrons. The Morgan fingerprint density at radius 2 is 1.97 bits per heavy atom. The van der Waals surface area contributed by atoms with Crippen LogP contribution in [0.3, 0.4) is 0 Å². The molecule has 1 aliphatic heterocycles. The Bertz CT molecular complexity index is 995. The number of nitrogens with zero attached hydrogens (tertiary/aromatic N) is 2. The van der Waals surface area contributed by atoms with Crippen LogP contribution in [-0.4, -0.2) is 53.4 Å². The summed E-state index contributed by atoms with van der Waals surface area (Å²) in [6.45, 7) is 2.38. The fraction of sp³-hybridized carbons (Fsp3) is 0.524. The van der Waals surface area contributed by atoms with Gasteiger partial charge in [-0.1, -0.05) is 13.0 Å². The molecule has 1 aliphatic rings. The fourth-order valence-corrected chi connectivity index (χ4v) is 4.49. The fourth-order valence-electron chi connectivity index (χ4n) is 4.49. The highest BCUT2D eigenvalue weighted by molar-refractivity contribution is 5.87. The van der Waals surface area contributed by atoms with Gasteiger partial charge >= 0.3 is 6.18 Å². The van der Waals surface area contributed by atoms with E-state index in [0.29, 0.717) is 6.54 Å². The van der Waals surface area contributed by atoms with E-state index in [1.165, 1.54) is 19.2 Å². The molecule has 0 spiro atoms. The van der Waals surface area contributed by atoms with Gasteiger partial charge in [0.05, 0.1) is 6.20 Å². The lowest BCUT2D eigenvalue weighted by atomic mass is 9.69. The normalized spacial score (nSPS) is 28.4. The second kappa shape index (κ2) is 8.11. The molecule has 3 rings (SSSR count). The Balaban J connectivity index is 2.33. The van der Waals surface area contributed by atoms with Gasteiger partial charge in [0.15, 0.2) is 22.8 Å². The van der Waals surface area contributed by atoms with Gasteiger partial charge in [-0.2, -0.15) is 18.3 Å². The summed E-state index contributed by atoms with van der Waals surface area (Å²) in [5, 5.41) is 6.19. The first-order valence-electron chi connectivity index (χ1n) is 9.95. The zero-order valence-electron chi connectivity index (χ0n) is 18.1. The number of likely N-dealkylation sites (N-methyl/N-ethyl adjacent to an activating group) is 1. The second-order valence-corrected chi connectivity index (χ2v) is 8.54. The van der Waals surface area contributed by atoms with Crippen molar-refractivity contribution < 1.29 is 31.5 Å². The molecule has 0 aliphatic carbocycles. The molecule has 2 heterocycles. The Morgan fingerprint density at radius 1 is 1.31 bits per heavy atom. The number of benzene rings is 1. The van der Waals surface area contributed by atoms with Crippen molar-refractivity contribution in [1.82, 2.24) is 15.1 Å². The van der Waals surface area contributed by atoms with Crippen LogP contribution in [0, 0.1) is 17.6 Å². The van der Waals surface area contributed by atoms with E-state index in [9.17, 15) is 26.7 Å². The summed E-state index contributed by atoms with van der Waals surface area (Å²) >= 11 is 0. The average Bonchev–Trinajstić information content (AvgIpc) is 3.30. The third-order valence-corrected chi connectivity index (χ3v) is 6.41. The van der Waals surface area contributed by atoms with E-state index in [-0.39, 0.29) is 23.1 Å². The van der Waals surface area contributed by atoms with Crippen LogP contribution in [-0.2, 0) is 21.6 Å². The van der Waals surface area contributed by atoms with Crippen molar-refractivity contribution in [1.29, 1.82) is 0 Å². The van der Waals surface area contributed by atoms with Crippen molar-refractivity contribution >= 4 is 5.91 Å². The molecule has 4 atom stereocenters. The number of aromatic nitrogens is 2. The highest BCUT2D eigenvalue weighted by Gasteiger charge is 2.72. The number of hydrogen-bond donors (Lipinski definition) is 2. The number of halogens is 5. The van der Waals surface area contributed by atoms with Crippen LogP contribution >= 0.6 is 0 Å².